The molecule has 14 N–H and O–H groups in total. The van der Waals surface area contributed by atoms with E-state index in [-0.39, 0.29) is 35.5 Å². The lowest BCUT2D eigenvalue weighted by atomic mass is 9.95. The Morgan fingerprint density at radius 2 is 1.69 bits per heavy atom. The Morgan fingerprint density at radius 3 is 2.22 bits per heavy atom. The first-order chi connectivity index (χ1) is 14.9. The zero-order valence-corrected chi connectivity index (χ0v) is 18.2. The number of hydrogen-bond acceptors (Lipinski definition) is 10. The number of anilines is 1. The van der Waals surface area contributed by atoms with Crippen LogP contribution in [0.2, 0.25) is 0 Å². The summed E-state index contributed by atoms with van der Waals surface area (Å²) in [7, 11) is -9.11. The lowest BCUT2D eigenvalue weighted by molar-refractivity contribution is 0.100. The highest BCUT2D eigenvalue weighted by atomic mass is 32.2. The van der Waals surface area contributed by atoms with Gasteiger partial charge in [0, 0.05) is 24.2 Å². The molecule has 0 aliphatic rings. The van der Waals surface area contributed by atoms with Crippen molar-refractivity contribution in [3.63, 3.8) is 0 Å². The lowest BCUT2D eigenvalue weighted by Gasteiger charge is -2.19. The summed E-state index contributed by atoms with van der Waals surface area (Å²) in [6.07, 6.45) is 0. The van der Waals surface area contributed by atoms with Crippen LogP contribution in [0.5, 0.6) is 0 Å². The van der Waals surface area contributed by atoms with Crippen LogP contribution in [0.25, 0.3) is 11.1 Å². The van der Waals surface area contributed by atoms with Crippen molar-refractivity contribution in [2.75, 3.05) is 18.8 Å². The number of benzene rings is 2. The minimum atomic E-state index is -4.72. The number of primary sulfonamides is 1. The van der Waals surface area contributed by atoms with Crippen molar-refractivity contribution >= 4 is 37.5 Å². The van der Waals surface area contributed by atoms with Gasteiger partial charge in [-0.15, -0.1) is 5.10 Å². The number of amidine groups is 1. The van der Waals surface area contributed by atoms with Crippen LogP contribution < -0.4 is 44.2 Å². The molecule has 2 rings (SSSR count). The number of hydrazone groups is 1. The summed E-state index contributed by atoms with van der Waals surface area (Å²) in [5.41, 5.74) is 24.1. The molecule has 0 fully saturated rings. The van der Waals surface area contributed by atoms with E-state index in [1.165, 1.54) is 24.3 Å². The van der Waals surface area contributed by atoms with E-state index in [1.54, 1.807) is 0 Å². The number of amides is 1. The molecule has 174 valence electrons. The monoisotopic (exact) mass is 485 g/mol. The maximum absolute atomic E-state index is 12.8. The lowest BCUT2D eigenvalue weighted by Crippen LogP contribution is -2.33. The Hall–Kier alpha value is -3.28. The molecular weight excluding hydrogens is 462 g/mol. The van der Waals surface area contributed by atoms with E-state index in [9.17, 15) is 21.6 Å². The molecule has 16 heteroatoms. The fourth-order valence-corrected chi connectivity index (χ4v) is 5.61. The van der Waals surface area contributed by atoms with Gasteiger partial charge in [-0.25, -0.2) is 38.1 Å². The van der Waals surface area contributed by atoms with Crippen molar-refractivity contribution in [3.05, 3.63) is 41.5 Å². The summed E-state index contributed by atoms with van der Waals surface area (Å²) in [6, 6.07) is 6.47. The zero-order valence-electron chi connectivity index (χ0n) is 16.6. The first-order valence-corrected chi connectivity index (χ1v) is 11.8. The average molecular weight is 486 g/mol. The van der Waals surface area contributed by atoms with Crippen molar-refractivity contribution in [2.24, 2.45) is 33.3 Å². The number of carbonyl (C=O) groups is 1. The molecule has 0 aromatic heterocycles. The minimum absolute atomic E-state index is 0.00361. The third kappa shape index (κ3) is 4.96. The first-order valence-electron chi connectivity index (χ1n) is 8.74. The Labute approximate surface area is 184 Å². The molecule has 0 unspecified atom stereocenters. The molecule has 0 heterocycles. The van der Waals surface area contributed by atoms with Gasteiger partial charge in [0.05, 0.1) is 11.3 Å². The number of nitrogens with two attached hydrogens (primary N) is 6. The fourth-order valence-electron chi connectivity index (χ4n) is 2.95. The summed E-state index contributed by atoms with van der Waals surface area (Å²) < 4.78 is 52.7. The van der Waals surface area contributed by atoms with Crippen LogP contribution >= 0.6 is 0 Å². The molecule has 0 bridgehead atoms. The van der Waals surface area contributed by atoms with Gasteiger partial charge in [-0.1, -0.05) is 18.2 Å². The van der Waals surface area contributed by atoms with Crippen molar-refractivity contribution in [3.8, 4) is 11.1 Å². The number of nitrogens with zero attached hydrogens (tertiary/aromatic N) is 1. The van der Waals surface area contributed by atoms with Crippen LogP contribution in [0, 0.1) is 0 Å². The number of nitrogen functional groups attached to an aromatic ring is 1. The normalized spacial score (nSPS) is 12.5. The molecule has 14 nitrogen and oxygen atoms in total. The maximum Gasteiger partial charge on any atom is 0.250 e. The number of hydrogen-bond donors (Lipinski definition) is 8. The topological polar surface area (TPSA) is 278 Å². The largest absolute Gasteiger partial charge is 0.398 e. The van der Waals surface area contributed by atoms with Crippen LogP contribution in [0.3, 0.4) is 0 Å². The van der Waals surface area contributed by atoms with Gasteiger partial charge < -0.3 is 22.9 Å². The number of primary amides is 1. The van der Waals surface area contributed by atoms with Crippen molar-refractivity contribution in [2.45, 2.75) is 9.79 Å². The molecule has 2 aromatic carbocycles. The number of nitrogens with one attached hydrogen (secondary N) is 2. The quantitative estimate of drug-likeness (QED) is 0.0585. The Bertz CT molecular complexity index is 1290. The van der Waals surface area contributed by atoms with E-state index in [0.29, 0.717) is 0 Å². The highest BCUT2D eigenvalue weighted by molar-refractivity contribution is 7.92. The zero-order chi connectivity index (χ0) is 24.3. The minimum Gasteiger partial charge on any atom is -0.398 e. The molecule has 1 amide bonds. The van der Waals surface area contributed by atoms with Crippen molar-refractivity contribution < 1.29 is 21.6 Å². The molecule has 0 saturated carbocycles. The molecule has 0 spiro atoms. The number of rotatable bonds is 9. The van der Waals surface area contributed by atoms with Gasteiger partial charge in [0.1, 0.15) is 9.79 Å². The summed E-state index contributed by atoms with van der Waals surface area (Å²) in [5, 5.41) is 8.93. The van der Waals surface area contributed by atoms with Crippen LogP contribution in [0.1, 0.15) is 15.9 Å². The Balaban J connectivity index is 3.07. The predicted octanol–water partition coefficient (Wildman–Crippen LogP) is -3.00. The van der Waals surface area contributed by atoms with Crippen molar-refractivity contribution in [1.29, 1.82) is 0 Å². The van der Waals surface area contributed by atoms with Gasteiger partial charge in [0.15, 0.2) is 5.84 Å². The second kappa shape index (κ2) is 9.47. The number of para-hydroxylation sites is 1. The standard InChI is InChI=1S/C16H23N9O5S2/c17-6-7-23-32(29,30)11-5-4-8(9-2-1-3-10(13(9)18)16(20)26)12(15(19)24-25-21)14(11)31(22,27)28/h1-5,23,25H,6-7,17-18,21H2,(H2,19,24)(H2,20,26)(H2,22,27,28). The third-order valence-electron chi connectivity index (χ3n) is 4.23. The molecule has 32 heavy (non-hydrogen) atoms. The van der Waals surface area contributed by atoms with Crippen LogP contribution in [-0.2, 0) is 20.0 Å². The Kier molecular flexibility index (Phi) is 7.39. The molecule has 0 aliphatic carbocycles. The molecule has 0 saturated heterocycles. The first kappa shape index (κ1) is 25.0. The number of sulfonamides is 2. The third-order valence-corrected chi connectivity index (χ3v) is 6.86. The summed E-state index contributed by atoms with van der Waals surface area (Å²) in [4.78, 5) is 10.1. The van der Waals surface area contributed by atoms with Gasteiger partial charge in [0.25, 0.3) is 5.91 Å². The average Bonchev–Trinajstić information content (AvgIpc) is 2.70. The molecule has 0 radical (unpaired) electrons. The van der Waals surface area contributed by atoms with Crippen LogP contribution in [0.15, 0.2) is 45.2 Å². The van der Waals surface area contributed by atoms with E-state index in [0.717, 1.165) is 6.07 Å². The van der Waals surface area contributed by atoms with E-state index in [4.69, 9.17) is 33.9 Å². The van der Waals surface area contributed by atoms with E-state index in [1.807, 2.05) is 5.53 Å². The molecule has 0 atom stereocenters. The predicted molar refractivity (Wildman–Crippen MR) is 118 cm³/mol. The highest BCUT2D eigenvalue weighted by Crippen LogP contribution is 2.36. The second-order valence-corrected chi connectivity index (χ2v) is 9.54. The van der Waals surface area contributed by atoms with E-state index < -0.39 is 47.1 Å². The van der Waals surface area contributed by atoms with Crippen LogP contribution in [-0.4, -0.2) is 41.7 Å². The summed E-state index contributed by atoms with van der Waals surface area (Å²) in [5.74, 6) is 3.81. The smallest absolute Gasteiger partial charge is 0.250 e. The highest BCUT2D eigenvalue weighted by Gasteiger charge is 2.31. The van der Waals surface area contributed by atoms with Crippen molar-refractivity contribution in [1.82, 2.24) is 10.3 Å². The van der Waals surface area contributed by atoms with Crippen LogP contribution in [0.4, 0.5) is 5.69 Å². The van der Waals surface area contributed by atoms with Gasteiger partial charge in [-0.05, 0) is 17.7 Å². The second-order valence-electron chi connectivity index (χ2n) is 6.30. The summed E-state index contributed by atoms with van der Waals surface area (Å²) in [6.45, 7) is -0.225. The number of hydrazine groups is 1. The SMILES string of the molecule is NCCNS(=O)(=O)c1ccc(-c2cccc(C(N)=O)c2N)c(/C(N)=N/NN)c1S(N)(=O)=O. The molecule has 0 aliphatic heterocycles. The van der Waals surface area contributed by atoms with Gasteiger partial charge >= 0.3 is 0 Å². The maximum atomic E-state index is 12.8. The van der Waals surface area contributed by atoms with E-state index in [2.05, 4.69) is 9.82 Å². The molecule has 2 aromatic rings. The fraction of sp³-hybridized carbons (Fsp3) is 0.125. The van der Waals surface area contributed by atoms with Gasteiger partial charge in [-0.3, -0.25) is 4.79 Å². The van der Waals surface area contributed by atoms with Gasteiger partial charge in [-0.2, -0.15) is 0 Å². The Morgan fingerprint density at radius 1 is 1.03 bits per heavy atom. The number of carbonyl (C=O) groups excluding carboxylic acids is 1. The summed E-state index contributed by atoms with van der Waals surface area (Å²) >= 11 is 0. The van der Waals surface area contributed by atoms with E-state index >= 15 is 0 Å². The molecular formula is C16H23N9O5S2. The van der Waals surface area contributed by atoms with Gasteiger partial charge in [0.2, 0.25) is 20.0 Å².